The second-order valence-electron chi connectivity index (χ2n) is 6.88. The van der Waals surface area contributed by atoms with Crippen LogP contribution in [-0.2, 0) is 19.5 Å². The number of nitrogens with zero attached hydrogens (tertiary/aromatic N) is 3. The van der Waals surface area contributed by atoms with Crippen LogP contribution in [0.1, 0.15) is 23.6 Å². The molecule has 7 heteroatoms. The third kappa shape index (κ3) is 6.52. The Morgan fingerprint density at radius 1 is 1.13 bits per heavy atom. The average molecular weight is 426 g/mol. The minimum Gasteiger partial charge on any atom is -0.497 e. The molecule has 1 heterocycles. The molecule has 0 unspecified atom stereocenters. The Labute approximate surface area is 183 Å². The van der Waals surface area contributed by atoms with Gasteiger partial charge in [0.05, 0.1) is 20.0 Å². The van der Waals surface area contributed by atoms with Crippen molar-refractivity contribution < 1.29 is 4.74 Å². The number of imidazole rings is 1. The standard InChI is InChI=1S/C23H28ClN5O/c1-3-26-23(27-11-10-20-8-9-21(30-2)14-22(20)24)28-15-18-4-6-19(7-5-18)16-29-13-12-25-17-29/h4-9,12-14,17H,3,10-11,15-16H2,1-2H3,(H2,26,27,28). The monoisotopic (exact) mass is 425 g/mol. The summed E-state index contributed by atoms with van der Waals surface area (Å²) in [7, 11) is 1.64. The van der Waals surface area contributed by atoms with Crippen LogP contribution < -0.4 is 15.4 Å². The maximum absolute atomic E-state index is 6.32. The lowest BCUT2D eigenvalue weighted by atomic mass is 10.1. The smallest absolute Gasteiger partial charge is 0.191 e. The molecule has 0 saturated carbocycles. The van der Waals surface area contributed by atoms with Crippen LogP contribution in [0, 0.1) is 0 Å². The number of hydrogen-bond donors (Lipinski definition) is 2. The lowest BCUT2D eigenvalue weighted by Crippen LogP contribution is -2.38. The number of benzene rings is 2. The Balaban J connectivity index is 1.52. The van der Waals surface area contributed by atoms with Gasteiger partial charge >= 0.3 is 0 Å². The number of nitrogens with one attached hydrogen (secondary N) is 2. The molecule has 0 spiro atoms. The molecule has 1 aromatic heterocycles. The van der Waals surface area contributed by atoms with E-state index in [1.165, 1.54) is 11.1 Å². The summed E-state index contributed by atoms with van der Waals surface area (Å²) in [5.74, 6) is 1.56. The van der Waals surface area contributed by atoms with E-state index in [-0.39, 0.29) is 0 Å². The van der Waals surface area contributed by atoms with Crippen molar-refractivity contribution in [2.45, 2.75) is 26.4 Å². The first kappa shape index (κ1) is 21.7. The molecule has 30 heavy (non-hydrogen) atoms. The van der Waals surface area contributed by atoms with Gasteiger partial charge in [-0.3, -0.25) is 0 Å². The molecule has 2 aromatic carbocycles. The first-order valence-corrected chi connectivity index (χ1v) is 10.4. The molecule has 0 radical (unpaired) electrons. The molecule has 6 nitrogen and oxygen atoms in total. The van der Waals surface area contributed by atoms with Crippen molar-refractivity contribution in [1.82, 2.24) is 20.2 Å². The fourth-order valence-corrected chi connectivity index (χ4v) is 3.29. The van der Waals surface area contributed by atoms with Crippen LogP contribution in [0.15, 0.2) is 66.2 Å². The topological polar surface area (TPSA) is 63.5 Å². The van der Waals surface area contributed by atoms with Gasteiger partial charge in [-0.1, -0.05) is 41.9 Å². The third-order valence-corrected chi connectivity index (χ3v) is 5.01. The van der Waals surface area contributed by atoms with E-state index in [9.17, 15) is 0 Å². The van der Waals surface area contributed by atoms with Crippen molar-refractivity contribution in [3.05, 3.63) is 82.9 Å². The number of aromatic nitrogens is 2. The van der Waals surface area contributed by atoms with Gasteiger partial charge in [0.15, 0.2) is 5.96 Å². The van der Waals surface area contributed by atoms with Gasteiger partial charge in [-0.15, -0.1) is 0 Å². The highest BCUT2D eigenvalue weighted by Crippen LogP contribution is 2.22. The number of rotatable bonds is 9. The van der Waals surface area contributed by atoms with Crippen molar-refractivity contribution in [3.63, 3.8) is 0 Å². The van der Waals surface area contributed by atoms with Gasteiger partial charge in [-0.05, 0) is 42.2 Å². The van der Waals surface area contributed by atoms with Gasteiger partial charge in [0.2, 0.25) is 0 Å². The summed E-state index contributed by atoms with van der Waals surface area (Å²) in [5, 5.41) is 7.38. The molecule has 0 aliphatic rings. The minimum atomic E-state index is 0.615. The molecular formula is C23H28ClN5O. The fraction of sp³-hybridized carbons (Fsp3) is 0.304. The SMILES string of the molecule is CCNC(=NCc1ccc(Cn2ccnc2)cc1)NCCc1ccc(OC)cc1Cl. The Kier molecular flexibility index (Phi) is 8.15. The first-order chi connectivity index (χ1) is 14.7. The highest BCUT2D eigenvalue weighted by atomic mass is 35.5. The highest BCUT2D eigenvalue weighted by molar-refractivity contribution is 6.31. The molecule has 0 fully saturated rings. The second-order valence-corrected chi connectivity index (χ2v) is 7.29. The molecule has 0 saturated heterocycles. The molecule has 0 aliphatic carbocycles. The van der Waals surface area contributed by atoms with Crippen LogP contribution in [0.3, 0.4) is 0 Å². The van der Waals surface area contributed by atoms with Crippen LogP contribution in [0.5, 0.6) is 5.75 Å². The summed E-state index contributed by atoms with van der Waals surface area (Å²) in [4.78, 5) is 8.77. The minimum absolute atomic E-state index is 0.615. The van der Waals surface area contributed by atoms with Gasteiger partial charge in [0.25, 0.3) is 0 Å². The summed E-state index contributed by atoms with van der Waals surface area (Å²) >= 11 is 6.32. The number of aliphatic imine (C=N–C) groups is 1. The third-order valence-electron chi connectivity index (χ3n) is 4.66. The van der Waals surface area contributed by atoms with Gasteiger partial charge in [-0.25, -0.2) is 9.98 Å². The summed E-state index contributed by atoms with van der Waals surface area (Å²) < 4.78 is 7.25. The van der Waals surface area contributed by atoms with E-state index >= 15 is 0 Å². The Morgan fingerprint density at radius 2 is 1.93 bits per heavy atom. The van der Waals surface area contributed by atoms with Crippen molar-refractivity contribution in [1.29, 1.82) is 0 Å². The largest absolute Gasteiger partial charge is 0.497 e. The number of guanidine groups is 1. The summed E-state index contributed by atoms with van der Waals surface area (Å²) in [6, 6.07) is 14.3. The molecule has 2 N–H and O–H groups in total. The Bertz CT molecular complexity index is 939. The van der Waals surface area contributed by atoms with Crippen molar-refractivity contribution in [2.75, 3.05) is 20.2 Å². The number of ether oxygens (including phenoxy) is 1. The van der Waals surface area contributed by atoms with E-state index < -0.39 is 0 Å². The van der Waals surface area contributed by atoms with E-state index in [0.29, 0.717) is 11.6 Å². The summed E-state index contributed by atoms with van der Waals surface area (Å²) in [6.45, 7) is 5.04. The van der Waals surface area contributed by atoms with Crippen LogP contribution in [-0.4, -0.2) is 35.7 Å². The average Bonchev–Trinajstić information content (AvgIpc) is 3.27. The zero-order valence-electron chi connectivity index (χ0n) is 17.4. The maximum atomic E-state index is 6.32. The van der Waals surface area contributed by atoms with E-state index in [0.717, 1.165) is 43.3 Å². The van der Waals surface area contributed by atoms with Crippen molar-refractivity contribution in [2.24, 2.45) is 4.99 Å². The van der Waals surface area contributed by atoms with Gasteiger partial charge in [0, 0.05) is 37.1 Å². The van der Waals surface area contributed by atoms with Crippen molar-refractivity contribution in [3.8, 4) is 5.75 Å². The number of hydrogen-bond acceptors (Lipinski definition) is 3. The van der Waals surface area contributed by atoms with Gasteiger partial charge in [0.1, 0.15) is 5.75 Å². The molecule has 0 atom stereocenters. The normalized spacial score (nSPS) is 11.4. The number of methoxy groups -OCH3 is 1. The zero-order valence-corrected chi connectivity index (χ0v) is 18.2. The first-order valence-electron chi connectivity index (χ1n) is 10.1. The van der Waals surface area contributed by atoms with E-state index in [4.69, 9.17) is 21.3 Å². The van der Waals surface area contributed by atoms with Crippen molar-refractivity contribution >= 4 is 17.6 Å². The Morgan fingerprint density at radius 3 is 2.60 bits per heavy atom. The molecular weight excluding hydrogens is 398 g/mol. The molecule has 0 aliphatic heterocycles. The fourth-order valence-electron chi connectivity index (χ4n) is 3.03. The van der Waals surface area contributed by atoms with Crippen LogP contribution in [0.2, 0.25) is 5.02 Å². The van der Waals surface area contributed by atoms with Gasteiger partial charge < -0.3 is 19.9 Å². The lowest BCUT2D eigenvalue weighted by Gasteiger charge is -2.12. The van der Waals surface area contributed by atoms with Crippen LogP contribution >= 0.6 is 11.6 Å². The van der Waals surface area contributed by atoms with E-state index in [1.54, 1.807) is 13.3 Å². The molecule has 0 bridgehead atoms. The van der Waals surface area contributed by atoms with Crippen LogP contribution in [0.4, 0.5) is 0 Å². The molecule has 3 rings (SSSR count). The quantitative estimate of drug-likeness (QED) is 0.403. The van der Waals surface area contributed by atoms with E-state index in [1.807, 2.05) is 30.7 Å². The maximum Gasteiger partial charge on any atom is 0.191 e. The Hall–Kier alpha value is -2.99. The van der Waals surface area contributed by atoms with E-state index in [2.05, 4.69) is 51.4 Å². The predicted octanol–water partition coefficient (Wildman–Crippen LogP) is 3.89. The number of halogens is 1. The summed E-state index contributed by atoms with van der Waals surface area (Å²) in [6.07, 6.45) is 6.38. The molecule has 3 aromatic rings. The second kappa shape index (κ2) is 11.3. The molecule has 158 valence electrons. The predicted molar refractivity (Wildman–Crippen MR) is 122 cm³/mol. The van der Waals surface area contributed by atoms with Crippen LogP contribution in [0.25, 0.3) is 0 Å². The molecule has 0 amide bonds. The highest BCUT2D eigenvalue weighted by Gasteiger charge is 2.04. The lowest BCUT2D eigenvalue weighted by molar-refractivity contribution is 0.414. The van der Waals surface area contributed by atoms with Gasteiger partial charge in [-0.2, -0.15) is 0 Å². The zero-order chi connectivity index (χ0) is 21.2. The summed E-state index contributed by atoms with van der Waals surface area (Å²) in [5.41, 5.74) is 3.48.